The topological polar surface area (TPSA) is 198 Å². The molecule has 1 saturated heterocycles. The van der Waals surface area contributed by atoms with Crippen molar-refractivity contribution in [1.29, 1.82) is 0 Å². The van der Waals surface area contributed by atoms with Crippen LogP contribution in [0.4, 0.5) is 0 Å². The van der Waals surface area contributed by atoms with Crippen LogP contribution in [0.25, 0.3) is 0 Å². The molecule has 0 radical (unpaired) electrons. The van der Waals surface area contributed by atoms with Crippen molar-refractivity contribution in [3.63, 3.8) is 0 Å². The van der Waals surface area contributed by atoms with E-state index in [0.717, 1.165) is 5.56 Å². The van der Waals surface area contributed by atoms with E-state index in [9.17, 15) is 28.8 Å². The van der Waals surface area contributed by atoms with Gasteiger partial charge in [0.15, 0.2) is 0 Å². The zero-order valence-electron chi connectivity index (χ0n) is 32.2. The van der Waals surface area contributed by atoms with E-state index in [2.05, 4.69) is 31.2 Å². The standard InChI is InChI=1S/C39H55N7O8/c1-8-12-28(34(47)38(51)42-24(6)25-13-10-9-11-14-25)43-37(50)33-26-15-16-30(54-21-53-7)27(26)20-46(33)39(52)32(23(4)5)45-36(49)31(22(2)3)44-35(48)29-19-40-17-18-41-29/h9-11,13-14,17-19,22-24,26-28,30-33H,8,12,15-16,20-21H2,1-7H3,(H,42,51)(H,43,50)(H,44,48)(H,45,49)/t24-,26-,27-,28-,30+,31-,32-,33-/m0/s1. The van der Waals surface area contributed by atoms with Gasteiger partial charge >= 0.3 is 0 Å². The van der Waals surface area contributed by atoms with Gasteiger partial charge in [-0.2, -0.15) is 0 Å². The second-order valence-corrected chi connectivity index (χ2v) is 14.8. The molecular weight excluding hydrogens is 694 g/mol. The molecule has 1 aliphatic heterocycles. The van der Waals surface area contributed by atoms with E-state index >= 15 is 0 Å². The lowest BCUT2D eigenvalue weighted by molar-refractivity contribution is -0.145. The summed E-state index contributed by atoms with van der Waals surface area (Å²) in [4.78, 5) is 91.7. The third-order valence-electron chi connectivity index (χ3n) is 10.3. The summed E-state index contributed by atoms with van der Waals surface area (Å²) < 4.78 is 11.1. The maximum Gasteiger partial charge on any atom is 0.290 e. The predicted octanol–water partition coefficient (Wildman–Crippen LogP) is 2.33. The van der Waals surface area contributed by atoms with E-state index in [0.29, 0.717) is 19.3 Å². The van der Waals surface area contributed by atoms with Crippen molar-refractivity contribution in [3.05, 3.63) is 60.2 Å². The molecule has 1 aliphatic carbocycles. The minimum atomic E-state index is -1.12. The molecule has 4 rings (SSSR count). The lowest BCUT2D eigenvalue weighted by Gasteiger charge is -2.34. The summed E-state index contributed by atoms with van der Waals surface area (Å²) in [6.07, 6.45) is 5.76. The Hall–Kier alpha value is -4.76. The van der Waals surface area contributed by atoms with Gasteiger partial charge in [0.2, 0.25) is 23.5 Å². The Morgan fingerprint density at radius 2 is 1.57 bits per heavy atom. The highest BCUT2D eigenvalue weighted by atomic mass is 16.7. The van der Waals surface area contributed by atoms with Crippen LogP contribution in [0, 0.1) is 23.7 Å². The number of ether oxygens (including phenoxy) is 2. The normalized spacial score (nSPS) is 21.5. The Bertz CT molecular complexity index is 1610. The van der Waals surface area contributed by atoms with Crippen LogP contribution < -0.4 is 21.3 Å². The van der Waals surface area contributed by atoms with Gasteiger partial charge in [-0.1, -0.05) is 71.4 Å². The molecule has 2 fully saturated rings. The second-order valence-electron chi connectivity index (χ2n) is 14.8. The van der Waals surface area contributed by atoms with Gasteiger partial charge in [0, 0.05) is 32.0 Å². The van der Waals surface area contributed by atoms with E-state index in [1.807, 2.05) is 37.3 Å². The van der Waals surface area contributed by atoms with Gasteiger partial charge in [-0.3, -0.25) is 33.8 Å². The highest BCUT2D eigenvalue weighted by Crippen LogP contribution is 2.44. The molecule has 8 atom stereocenters. The van der Waals surface area contributed by atoms with Crippen molar-refractivity contribution >= 4 is 35.3 Å². The summed E-state index contributed by atoms with van der Waals surface area (Å²) in [5, 5.41) is 11.1. The van der Waals surface area contributed by atoms with Crippen molar-refractivity contribution in [3.8, 4) is 0 Å². The van der Waals surface area contributed by atoms with Gasteiger partial charge in [-0.15, -0.1) is 0 Å². The number of hydrogen-bond acceptors (Lipinski definition) is 10. The van der Waals surface area contributed by atoms with Crippen LogP contribution in [-0.2, 0) is 33.4 Å². The van der Waals surface area contributed by atoms with Crippen molar-refractivity contribution in [2.24, 2.45) is 23.7 Å². The van der Waals surface area contributed by atoms with Crippen LogP contribution in [0.3, 0.4) is 0 Å². The number of carbonyl (C=O) groups is 6. The average molecular weight is 750 g/mol. The first-order valence-corrected chi connectivity index (χ1v) is 18.8. The molecule has 2 aromatic rings. The fourth-order valence-electron chi connectivity index (χ4n) is 7.37. The van der Waals surface area contributed by atoms with Gasteiger partial charge in [0.05, 0.1) is 24.4 Å². The molecule has 4 N–H and O–H groups in total. The number of likely N-dealkylation sites (tertiary alicyclic amines) is 1. The van der Waals surface area contributed by atoms with Crippen molar-refractivity contribution in [1.82, 2.24) is 36.1 Å². The second kappa shape index (κ2) is 19.5. The molecule has 54 heavy (non-hydrogen) atoms. The lowest BCUT2D eigenvalue weighted by Crippen LogP contribution is -2.60. The van der Waals surface area contributed by atoms with Crippen molar-refractivity contribution in [2.45, 2.75) is 104 Å². The third kappa shape index (κ3) is 10.3. The molecule has 0 unspecified atom stereocenters. The zero-order valence-corrected chi connectivity index (χ0v) is 32.2. The Kier molecular flexibility index (Phi) is 15.2. The molecule has 0 bridgehead atoms. The predicted molar refractivity (Wildman–Crippen MR) is 198 cm³/mol. The molecule has 5 amide bonds. The number of Topliss-reactive ketones (excluding diaryl/α,β-unsaturated/α-hetero) is 1. The SMILES string of the molecule is CCC[C@H](NC(=O)[C@@H]1[C@H]2CC[C@@H](OCOC)[C@H]2CN1C(=O)[C@@H](NC(=O)[C@@H](NC(=O)c1cnccn1)C(C)C)C(C)C)C(=O)C(=O)N[C@@H](C)c1ccccc1. The first-order valence-electron chi connectivity index (χ1n) is 18.8. The monoisotopic (exact) mass is 749 g/mol. The smallest absolute Gasteiger partial charge is 0.290 e. The van der Waals surface area contributed by atoms with Gasteiger partial charge in [-0.25, -0.2) is 4.98 Å². The summed E-state index contributed by atoms with van der Waals surface area (Å²) in [6, 6.07) is 4.62. The summed E-state index contributed by atoms with van der Waals surface area (Å²) in [7, 11) is 1.52. The van der Waals surface area contributed by atoms with Crippen LogP contribution >= 0.6 is 0 Å². The third-order valence-corrected chi connectivity index (χ3v) is 10.3. The van der Waals surface area contributed by atoms with E-state index in [1.165, 1.54) is 30.6 Å². The van der Waals surface area contributed by atoms with Gasteiger partial charge in [-0.05, 0) is 49.5 Å². The highest BCUT2D eigenvalue weighted by molar-refractivity contribution is 6.38. The average Bonchev–Trinajstić information content (AvgIpc) is 3.74. The van der Waals surface area contributed by atoms with Gasteiger partial charge in [0.1, 0.15) is 30.6 Å². The number of ketones is 1. The number of fused-ring (bicyclic) bond motifs is 1. The summed E-state index contributed by atoms with van der Waals surface area (Å²) >= 11 is 0. The Morgan fingerprint density at radius 1 is 0.870 bits per heavy atom. The molecule has 1 saturated carbocycles. The molecule has 294 valence electrons. The van der Waals surface area contributed by atoms with Crippen LogP contribution in [0.2, 0.25) is 0 Å². The lowest BCUT2D eigenvalue weighted by atomic mass is 9.92. The summed E-state index contributed by atoms with van der Waals surface area (Å²) in [5.41, 5.74) is 0.866. The largest absolute Gasteiger partial charge is 0.359 e. The number of nitrogens with zero attached hydrogens (tertiary/aromatic N) is 3. The maximum absolute atomic E-state index is 14.6. The Balaban J connectivity index is 1.56. The Labute approximate surface area is 317 Å². The molecule has 1 aromatic heterocycles. The van der Waals surface area contributed by atoms with Gasteiger partial charge < -0.3 is 35.6 Å². The molecule has 15 nitrogen and oxygen atoms in total. The number of hydrogen-bond donors (Lipinski definition) is 4. The van der Waals surface area contributed by atoms with E-state index in [-0.39, 0.29) is 49.3 Å². The molecule has 2 aliphatic rings. The minimum absolute atomic E-state index is 0.0400. The number of benzene rings is 1. The van der Waals surface area contributed by atoms with Crippen molar-refractivity contribution < 1.29 is 38.2 Å². The Morgan fingerprint density at radius 3 is 2.19 bits per heavy atom. The van der Waals surface area contributed by atoms with Crippen molar-refractivity contribution in [2.75, 3.05) is 20.4 Å². The number of methoxy groups -OCH3 is 1. The maximum atomic E-state index is 14.6. The van der Waals surface area contributed by atoms with Crippen LogP contribution in [0.1, 0.15) is 89.3 Å². The number of aromatic nitrogens is 2. The minimum Gasteiger partial charge on any atom is -0.359 e. The summed E-state index contributed by atoms with van der Waals surface area (Å²) in [6.45, 7) is 11.0. The quantitative estimate of drug-likeness (QED) is 0.130. The number of carbonyl (C=O) groups excluding carboxylic acids is 6. The molecular formula is C39H55N7O8. The number of nitrogens with one attached hydrogen (secondary N) is 4. The first kappa shape index (κ1) is 42.0. The van der Waals surface area contributed by atoms with Crippen LogP contribution in [0.15, 0.2) is 48.9 Å². The fraction of sp³-hybridized carbons (Fsp3) is 0.590. The van der Waals surface area contributed by atoms with Crippen LogP contribution in [-0.4, -0.2) is 101 Å². The van der Waals surface area contributed by atoms with Crippen LogP contribution in [0.5, 0.6) is 0 Å². The van der Waals surface area contributed by atoms with E-state index < -0.39 is 71.4 Å². The molecule has 0 spiro atoms. The highest BCUT2D eigenvalue weighted by Gasteiger charge is 2.55. The molecule has 1 aromatic carbocycles. The molecule has 2 heterocycles. The summed E-state index contributed by atoms with van der Waals surface area (Å²) in [5.74, 6) is -5.05. The zero-order chi connectivity index (χ0) is 39.5. The van der Waals surface area contributed by atoms with E-state index in [1.54, 1.807) is 34.6 Å². The first-order chi connectivity index (χ1) is 25.8. The fourth-order valence-corrected chi connectivity index (χ4v) is 7.37. The number of rotatable bonds is 18. The van der Waals surface area contributed by atoms with E-state index in [4.69, 9.17) is 9.47 Å². The number of amides is 5. The molecule has 15 heteroatoms. The van der Waals surface area contributed by atoms with Gasteiger partial charge in [0.25, 0.3) is 11.8 Å².